The van der Waals surface area contributed by atoms with Crippen LogP contribution in [0.25, 0.3) is 0 Å². The molecular weight excluding hydrogens is 290 g/mol. The average molecular weight is 311 g/mol. The van der Waals surface area contributed by atoms with Gasteiger partial charge in [-0.15, -0.1) is 0 Å². The topological polar surface area (TPSA) is 84.2 Å². The Morgan fingerprint density at radius 1 is 1.00 bits per heavy atom. The van der Waals surface area contributed by atoms with Crippen LogP contribution in [0.3, 0.4) is 0 Å². The summed E-state index contributed by atoms with van der Waals surface area (Å²) in [6, 6.07) is 15.7. The molecule has 0 saturated heterocycles. The summed E-state index contributed by atoms with van der Waals surface area (Å²) in [5.41, 5.74) is 6.16. The van der Waals surface area contributed by atoms with Crippen LogP contribution in [0.2, 0.25) is 0 Å². The Labute approximate surface area is 135 Å². The first kappa shape index (κ1) is 16.7. The highest BCUT2D eigenvalue weighted by Gasteiger charge is 2.09. The number of anilines is 1. The van der Waals surface area contributed by atoms with Crippen LogP contribution in [0.5, 0.6) is 0 Å². The van der Waals surface area contributed by atoms with E-state index >= 15 is 0 Å². The van der Waals surface area contributed by atoms with Gasteiger partial charge in [-0.2, -0.15) is 0 Å². The zero-order valence-electron chi connectivity index (χ0n) is 13.3. The Morgan fingerprint density at radius 3 is 2.00 bits per heavy atom. The third kappa shape index (κ3) is 4.66. The van der Waals surface area contributed by atoms with Crippen LogP contribution in [0.15, 0.2) is 48.5 Å². The first-order valence-electron chi connectivity index (χ1n) is 7.45. The van der Waals surface area contributed by atoms with Crippen molar-refractivity contribution in [3.05, 3.63) is 65.2 Å². The number of hydrazine groups is 1. The van der Waals surface area contributed by atoms with E-state index in [1.807, 2.05) is 48.5 Å². The number of benzene rings is 2. The van der Waals surface area contributed by atoms with E-state index in [1.165, 1.54) is 6.92 Å². The molecule has 2 amide bonds. The van der Waals surface area contributed by atoms with Gasteiger partial charge in [-0.25, -0.2) is 5.84 Å². The Kier molecular flexibility index (Phi) is 5.49. The second-order valence-electron chi connectivity index (χ2n) is 5.51. The van der Waals surface area contributed by atoms with Crippen LogP contribution < -0.4 is 16.6 Å². The van der Waals surface area contributed by atoms with Crippen LogP contribution in [0.4, 0.5) is 5.69 Å². The summed E-state index contributed by atoms with van der Waals surface area (Å²) in [6.45, 7) is 3.61. The summed E-state index contributed by atoms with van der Waals surface area (Å²) in [5, 5.41) is 2.75. The van der Waals surface area contributed by atoms with Crippen molar-refractivity contribution in [1.82, 2.24) is 5.43 Å². The van der Waals surface area contributed by atoms with Crippen molar-refractivity contribution in [3.63, 3.8) is 0 Å². The van der Waals surface area contributed by atoms with Gasteiger partial charge in [0.15, 0.2) is 0 Å². The monoisotopic (exact) mass is 311 g/mol. The zero-order chi connectivity index (χ0) is 16.8. The summed E-state index contributed by atoms with van der Waals surface area (Å²) < 4.78 is 0. The number of carbonyl (C=O) groups is 2. The molecule has 2 aromatic rings. The van der Waals surface area contributed by atoms with Crippen LogP contribution in [0.1, 0.15) is 36.5 Å². The van der Waals surface area contributed by atoms with Gasteiger partial charge >= 0.3 is 0 Å². The molecule has 1 unspecified atom stereocenters. The number of amides is 2. The molecule has 0 fully saturated rings. The van der Waals surface area contributed by atoms with Crippen LogP contribution in [-0.2, 0) is 16.0 Å². The van der Waals surface area contributed by atoms with E-state index in [9.17, 15) is 9.59 Å². The molecule has 1 atom stereocenters. The molecular formula is C18H21N3O2. The summed E-state index contributed by atoms with van der Waals surface area (Å²) in [7, 11) is 0. The number of nitrogens with two attached hydrogens (primary N) is 1. The van der Waals surface area contributed by atoms with Crippen molar-refractivity contribution in [2.45, 2.75) is 26.2 Å². The summed E-state index contributed by atoms with van der Waals surface area (Å²) in [6.07, 6.45) is 0.274. The predicted molar refractivity (Wildman–Crippen MR) is 90.7 cm³/mol. The molecule has 4 N–H and O–H groups in total. The maximum absolute atomic E-state index is 11.3. The average Bonchev–Trinajstić information content (AvgIpc) is 2.55. The van der Waals surface area contributed by atoms with Crippen molar-refractivity contribution >= 4 is 17.5 Å². The molecule has 2 rings (SSSR count). The maximum Gasteiger partial charge on any atom is 0.238 e. The van der Waals surface area contributed by atoms with Crippen LogP contribution >= 0.6 is 0 Å². The number of carbonyl (C=O) groups excluding carboxylic acids is 2. The maximum atomic E-state index is 11.3. The Hall–Kier alpha value is -2.66. The van der Waals surface area contributed by atoms with Crippen molar-refractivity contribution < 1.29 is 9.59 Å². The number of rotatable bonds is 5. The van der Waals surface area contributed by atoms with Crippen molar-refractivity contribution in [1.29, 1.82) is 0 Å². The normalized spacial score (nSPS) is 11.6. The van der Waals surface area contributed by atoms with Crippen LogP contribution in [-0.4, -0.2) is 11.8 Å². The minimum atomic E-state index is -0.209. The molecule has 0 bridgehead atoms. The fourth-order valence-electron chi connectivity index (χ4n) is 2.41. The lowest BCUT2D eigenvalue weighted by molar-refractivity contribution is -0.120. The lowest BCUT2D eigenvalue weighted by Crippen LogP contribution is -2.31. The van der Waals surface area contributed by atoms with Gasteiger partial charge in [0.1, 0.15) is 0 Å². The number of nitrogens with one attached hydrogen (secondary N) is 2. The Morgan fingerprint density at radius 2 is 1.52 bits per heavy atom. The van der Waals surface area contributed by atoms with Gasteiger partial charge in [-0.3, -0.25) is 15.0 Å². The number of hydrogen-bond acceptors (Lipinski definition) is 3. The third-order valence-electron chi connectivity index (χ3n) is 3.74. The van der Waals surface area contributed by atoms with E-state index in [-0.39, 0.29) is 24.2 Å². The largest absolute Gasteiger partial charge is 0.326 e. The molecule has 120 valence electrons. The van der Waals surface area contributed by atoms with E-state index in [4.69, 9.17) is 5.84 Å². The first-order chi connectivity index (χ1) is 11.0. The van der Waals surface area contributed by atoms with Crippen molar-refractivity contribution in [2.24, 2.45) is 5.84 Å². The molecule has 0 heterocycles. The van der Waals surface area contributed by atoms with E-state index in [1.54, 1.807) is 0 Å². The standard InChI is InChI=1S/C18H21N3O2/c1-12(16-7-9-17(10-8-16)20-13(2)22)15-5-3-14(4-6-15)11-18(23)21-19/h3-10,12H,11,19H2,1-2H3,(H,20,22)(H,21,23). The molecule has 0 aliphatic heterocycles. The lowest BCUT2D eigenvalue weighted by atomic mass is 9.92. The second-order valence-corrected chi connectivity index (χ2v) is 5.51. The minimum absolute atomic E-state index is 0.0806. The quantitative estimate of drug-likeness (QED) is 0.450. The highest BCUT2D eigenvalue weighted by molar-refractivity contribution is 5.88. The van der Waals surface area contributed by atoms with Gasteiger partial charge in [-0.1, -0.05) is 43.3 Å². The van der Waals surface area contributed by atoms with Crippen LogP contribution in [0, 0.1) is 0 Å². The molecule has 0 saturated carbocycles. The Balaban J connectivity index is 2.08. The van der Waals surface area contributed by atoms with Gasteiger partial charge in [0.25, 0.3) is 0 Å². The second kappa shape index (κ2) is 7.56. The number of hydrogen-bond donors (Lipinski definition) is 3. The lowest BCUT2D eigenvalue weighted by Gasteiger charge is -2.14. The van der Waals surface area contributed by atoms with Gasteiger partial charge in [0.05, 0.1) is 6.42 Å². The third-order valence-corrected chi connectivity index (χ3v) is 3.74. The molecule has 23 heavy (non-hydrogen) atoms. The summed E-state index contributed by atoms with van der Waals surface area (Å²) in [5.74, 6) is 5.02. The SMILES string of the molecule is CC(=O)Nc1ccc(C(C)c2ccc(CC(=O)NN)cc2)cc1. The smallest absolute Gasteiger partial charge is 0.238 e. The first-order valence-corrected chi connectivity index (χ1v) is 7.45. The van der Waals surface area contributed by atoms with E-state index in [2.05, 4.69) is 17.7 Å². The predicted octanol–water partition coefficient (Wildman–Crippen LogP) is 2.33. The van der Waals surface area contributed by atoms with Gasteiger partial charge < -0.3 is 5.32 Å². The van der Waals surface area contributed by atoms with Gasteiger partial charge in [-0.05, 0) is 28.8 Å². The zero-order valence-corrected chi connectivity index (χ0v) is 13.3. The van der Waals surface area contributed by atoms with Gasteiger partial charge in [0.2, 0.25) is 11.8 Å². The highest BCUT2D eigenvalue weighted by Crippen LogP contribution is 2.25. The molecule has 0 spiro atoms. The van der Waals surface area contributed by atoms with Crippen molar-refractivity contribution in [3.8, 4) is 0 Å². The molecule has 0 aliphatic rings. The molecule has 0 aromatic heterocycles. The summed E-state index contributed by atoms with van der Waals surface area (Å²) in [4.78, 5) is 22.3. The molecule has 0 radical (unpaired) electrons. The fourth-order valence-corrected chi connectivity index (χ4v) is 2.41. The molecule has 0 aliphatic carbocycles. The fraction of sp³-hybridized carbons (Fsp3) is 0.222. The molecule has 5 nitrogen and oxygen atoms in total. The minimum Gasteiger partial charge on any atom is -0.326 e. The molecule has 2 aromatic carbocycles. The van der Waals surface area contributed by atoms with E-state index in [0.717, 1.165) is 22.4 Å². The molecule has 5 heteroatoms. The summed E-state index contributed by atoms with van der Waals surface area (Å²) >= 11 is 0. The van der Waals surface area contributed by atoms with Gasteiger partial charge in [0, 0.05) is 18.5 Å². The van der Waals surface area contributed by atoms with E-state index < -0.39 is 0 Å². The highest BCUT2D eigenvalue weighted by atomic mass is 16.2. The Bertz CT molecular complexity index is 678. The van der Waals surface area contributed by atoms with Crippen molar-refractivity contribution in [2.75, 3.05) is 5.32 Å². The van der Waals surface area contributed by atoms with E-state index in [0.29, 0.717) is 0 Å².